The standard InChI is InChI=1S/C45H28N4OS/c1-3-12-27(13-4-1)43-46-44(28-14-5-2-6-15-28)48-45(47-43)49-36-26-29(30-18-11-20-38-40(30)35-17-7-9-19-37(35)50-38)22-23-31(36)33-24-25-34-32-16-8-10-21-39(32)51-42(34)41(33)49/h1-6,8-16,18-26H,7,17H2. The third-order valence-electron chi connectivity index (χ3n) is 10.1. The first-order valence-electron chi connectivity index (χ1n) is 17.3. The molecule has 6 heteroatoms. The van der Waals surface area contributed by atoms with Gasteiger partial charge in [0, 0.05) is 48.3 Å². The van der Waals surface area contributed by atoms with Crippen LogP contribution in [0.5, 0.6) is 0 Å². The van der Waals surface area contributed by atoms with Crippen molar-refractivity contribution < 1.29 is 4.42 Å². The maximum Gasteiger partial charge on any atom is 0.238 e. The highest BCUT2D eigenvalue weighted by molar-refractivity contribution is 7.26. The van der Waals surface area contributed by atoms with E-state index in [9.17, 15) is 0 Å². The highest BCUT2D eigenvalue weighted by atomic mass is 32.1. The molecule has 4 aromatic heterocycles. The fraction of sp³-hybridized carbons (Fsp3) is 0.0444. The highest BCUT2D eigenvalue weighted by Crippen LogP contribution is 2.45. The van der Waals surface area contributed by atoms with Crippen LogP contribution >= 0.6 is 11.3 Å². The van der Waals surface area contributed by atoms with E-state index < -0.39 is 0 Å². The quantitative estimate of drug-likeness (QED) is 0.187. The van der Waals surface area contributed by atoms with Crippen molar-refractivity contribution in [1.29, 1.82) is 0 Å². The predicted molar refractivity (Wildman–Crippen MR) is 210 cm³/mol. The van der Waals surface area contributed by atoms with Crippen molar-refractivity contribution in [3.05, 3.63) is 151 Å². The second-order valence-corrected chi connectivity index (χ2v) is 14.1. The summed E-state index contributed by atoms with van der Waals surface area (Å²) in [5.74, 6) is 2.83. The maximum absolute atomic E-state index is 6.35. The molecule has 10 aromatic rings. The van der Waals surface area contributed by atoms with E-state index in [1.165, 1.54) is 42.1 Å². The van der Waals surface area contributed by atoms with Crippen LogP contribution in [0.1, 0.15) is 17.7 Å². The molecule has 6 aromatic carbocycles. The van der Waals surface area contributed by atoms with Gasteiger partial charge in [0.05, 0.1) is 15.7 Å². The molecule has 0 bridgehead atoms. The molecule has 0 unspecified atom stereocenters. The van der Waals surface area contributed by atoms with Crippen LogP contribution in [-0.4, -0.2) is 19.5 Å². The van der Waals surface area contributed by atoms with E-state index in [2.05, 4.69) is 114 Å². The SMILES string of the molecule is C1=Cc2oc3cccc(-c4ccc5c6ccc7c8ccccc8sc7c6n(-c6nc(-c7ccccc7)nc(-c7ccccc7)n6)c5c4)c3c2CC1. The van der Waals surface area contributed by atoms with Crippen molar-refractivity contribution in [1.82, 2.24) is 19.5 Å². The van der Waals surface area contributed by atoms with Gasteiger partial charge in [-0.05, 0) is 48.2 Å². The van der Waals surface area contributed by atoms with Gasteiger partial charge in [-0.15, -0.1) is 11.3 Å². The summed E-state index contributed by atoms with van der Waals surface area (Å²) in [5.41, 5.74) is 8.55. The second-order valence-electron chi connectivity index (χ2n) is 13.1. The molecular weight excluding hydrogens is 645 g/mol. The van der Waals surface area contributed by atoms with Crippen molar-refractivity contribution in [3.8, 4) is 39.9 Å². The lowest BCUT2D eigenvalue weighted by Crippen LogP contribution is -2.06. The molecule has 0 amide bonds. The summed E-state index contributed by atoms with van der Waals surface area (Å²) in [6.45, 7) is 0. The number of fused-ring (bicyclic) bond motifs is 10. The zero-order valence-electron chi connectivity index (χ0n) is 27.4. The first-order chi connectivity index (χ1) is 25.3. The van der Waals surface area contributed by atoms with Gasteiger partial charge in [0.25, 0.3) is 0 Å². The fourth-order valence-corrected chi connectivity index (χ4v) is 9.06. The summed E-state index contributed by atoms with van der Waals surface area (Å²) in [6, 6.07) is 46.8. The number of hydrogen-bond donors (Lipinski definition) is 0. The summed E-state index contributed by atoms with van der Waals surface area (Å²) in [7, 11) is 0. The lowest BCUT2D eigenvalue weighted by molar-refractivity contribution is 0.595. The molecule has 51 heavy (non-hydrogen) atoms. The van der Waals surface area contributed by atoms with Crippen molar-refractivity contribution in [2.45, 2.75) is 12.8 Å². The van der Waals surface area contributed by atoms with Gasteiger partial charge in [0.15, 0.2) is 11.6 Å². The first-order valence-corrected chi connectivity index (χ1v) is 18.1. The van der Waals surface area contributed by atoms with E-state index in [0.29, 0.717) is 17.6 Å². The van der Waals surface area contributed by atoms with Crippen LogP contribution in [0.25, 0.3) is 98.9 Å². The van der Waals surface area contributed by atoms with Gasteiger partial charge in [0.1, 0.15) is 11.3 Å². The summed E-state index contributed by atoms with van der Waals surface area (Å²) in [5, 5.41) is 6.01. The molecule has 0 N–H and O–H groups in total. The van der Waals surface area contributed by atoms with E-state index in [-0.39, 0.29) is 0 Å². The number of aromatic nitrogens is 4. The largest absolute Gasteiger partial charge is 0.456 e. The first kappa shape index (κ1) is 28.5. The Kier molecular flexibility index (Phi) is 6.18. The topological polar surface area (TPSA) is 56.7 Å². The minimum Gasteiger partial charge on any atom is -0.456 e. The average molecular weight is 673 g/mol. The summed E-state index contributed by atoms with van der Waals surface area (Å²) in [6.07, 6.45) is 6.31. The van der Waals surface area contributed by atoms with Gasteiger partial charge >= 0.3 is 0 Å². The Morgan fingerprint density at radius 2 is 1.33 bits per heavy atom. The summed E-state index contributed by atoms with van der Waals surface area (Å²) in [4.78, 5) is 15.5. The van der Waals surface area contributed by atoms with Gasteiger partial charge in [0.2, 0.25) is 5.95 Å². The van der Waals surface area contributed by atoms with Crippen molar-refractivity contribution in [3.63, 3.8) is 0 Å². The molecule has 11 rings (SSSR count). The second kappa shape index (κ2) is 11.1. The predicted octanol–water partition coefficient (Wildman–Crippen LogP) is 12.0. The molecule has 1 aliphatic rings. The molecule has 4 heterocycles. The monoisotopic (exact) mass is 672 g/mol. The van der Waals surface area contributed by atoms with Gasteiger partial charge in [-0.2, -0.15) is 9.97 Å². The van der Waals surface area contributed by atoms with Crippen LogP contribution < -0.4 is 0 Å². The Hall–Kier alpha value is -6.37. The van der Waals surface area contributed by atoms with Crippen molar-refractivity contribution >= 4 is 70.4 Å². The van der Waals surface area contributed by atoms with Gasteiger partial charge in [-0.3, -0.25) is 4.57 Å². The molecule has 0 spiro atoms. The number of thiophene rings is 1. The van der Waals surface area contributed by atoms with Crippen LogP contribution in [-0.2, 0) is 6.42 Å². The Bertz CT molecular complexity index is 2970. The zero-order chi connectivity index (χ0) is 33.5. The third-order valence-corrected chi connectivity index (χ3v) is 11.3. The van der Waals surface area contributed by atoms with Gasteiger partial charge < -0.3 is 4.42 Å². The number of allylic oxidation sites excluding steroid dienone is 1. The van der Waals surface area contributed by atoms with Gasteiger partial charge in [-0.25, -0.2) is 4.98 Å². The molecule has 5 nitrogen and oxygen atoms in total. The van der Waals surface area contributed by atoms with Crippen LogP contribution in [0.15, 0.2) is 144 Å². The average Bonchev–Trinajstić information content (AvgIpc) is 3.88. The minimum absolute atomic E-state index is 0.592. The smallest absolute Gasteiger partial charge is 0.238 e. The number of aryl methyl sites for hydroxylation is 1. The lowest BCUT2D eigenvalue weighted by atomic mass is 9.94. The molecule has 1 aliphatic carbocycles. The van der Waals surface area contributed by atoms with E-state index in [1.807, 2.05) is 47.7 Å². The van der Waals surface area contributed by atoms with Gasteiger partial charge in [-0.1, -0.05) is 121 Å². The lowest BCUT2D eigenvalue weighted by Gasteiger charge is -2.12. The van der Waals surface area contributed by atoms with Crippen LogP contribution in [0.2, 0.25) is 0 Å². The minimum atomic E-state index is 0.592. The molecule has 0 saturated heterocycles. The molecule has 0 aliphatic heterocycles. The number of hydrogen-bond acceptors (Lipinski definition) is 5. The van der Waals surface area contributed by atoms with Crippen molar-refractivity contribution in [2.75, 3.05) is 0 Å². The van der Waals surface area contributed by atoms with E-state index in [1.54, 1.807) is 0 Å². The van der Waals surface area contributed by atoms with Crippen LogP contribution in [0.3, 0.4) is 0 Å². The van der Waals surface area contributed by atoms with Crippen LogP contribution in [0.4, 0.5) is 0 Å². The van der Waals surface area contributed by atoms with Crippen molar-refractivity contribution in [2.24, 2.45) is 0 Å². The Labute approximate surface area is 296 Å². The molecule has 0 saturated carbocycles. The van der Waals surface area contributed by atoms with Crippen LogP contribution in [0, 0.1) is 0 Å². The summed E-state index contributed by atoms with van der Waals surface area (Å²) < 4.78 is 11.1. The van der Waals surface area contributed by atoms with E-state index in [0.717, 1.165) is 57.3 Å². The number of benzene rings is 6. The molecule has 240 valence electrons. The molecule has 0 radical (unpaired) electrons. The zero-order valence-corrected chi connectivity index (χ0v) is 28.2. The third kappa shape index (κ3) is 4.36. The number of nitrogens with zero attached hydrogens (tertiary/aromatic N) is 4. The molecule has 0 fully saturated rings. The molecular formula is C45H28N4OS. The number of rotatable bonds is 4. The summed E-state index contributed by atoms with van der Waals surface area (Å²) >= 11 is 1.82. The molecule has 0 atom stereocenters. The Morgan fingerprint density at radius 3 is 2.14 bits per heavy atom. The maximum atomic E-state index is 6.35. The number of furan rings is 1. The van der Waals surface area contributed by atoms with E-state index >= 15 is 0 Å². The fourth-order valence-electron chi connectivity index (χ4n) is 7.82. The Morgan fingerprint density at radius 1 is 0.608 bits per heavy atom. The normalized spacial score (nSPS) is 12.9. The van der Waals surface area contributed by atoms with E-state index in [4.69, 9.17) is 19.4 Å². The highest BCUT2D eigenvalue weighted by Gasteiger charge is 2.23. The Balaban J connectivity index is 1.27.